The highest BCUT2D eigenvalue weighted by atomic mass is 127. The van der Waals surface area contributed by atoms with Crippen LogP contribution in [0.2, 0.25) is 0 Å². The molecule has 0 radical (unpaired) electrons. The Hall–Kier alpha value is -1.08. The quantitative estimate of drug-likeness (QED) is 0.241. The molecule has 2 rings (SSSR count). The van der Waals surface area contributed by atoms with Gasteiger partial charge in [0.15, 0.2) is 0 Å². The van der Waals surface area contributed by atoms with Crippen LogP contribution in [0, 0.1) is 3.57 Å². The van der Waals surface area contributed by atoms with Gasteiger partial charge in [-0.05, 0) is 87.4 Å². The van der Waals surface area contributed by atoms with Gasteiger partial charge in [0.1, 0.15) is 11.5 Å². The fraction of sp³-hybridized carbons (Fsp3) is 0.235. The Morgan fingerprint density at radius 3 is 2.55 bits per heavy atom. The molecule has 0 fully saturated rings. The smallest absolute Gasteiger partial charge is 0.343 e. The Balaban J connectivity index is 2.03. The largest absolute Gasteiger partial charge is 0.492 e. The van der Waals surface area contributed by atoms with E-state index in [1.165, 1.54) is 0 Å². The van der Waals surface area contributed by atoms with Gasteiger partial charge in [-0.3, -0.25) is 0 Å². The molecule has 0 saturated carbocycles. The number of esters is 1. The predicted molar refractivity (Wildman–Crippen MR) is 98.7 cm³/mol. The van der Waals surface area contributed by atoms with Gasteiger partial charge in [0.2, 0.25) is 0 Å². The summed E-state index contributed by atoms with van der Waals surface area (Å²) in [5.74, 6) is 0.881. The van der Waals surface area contributed by atoms with E-state index in [1.54, 1.807) is 30.3 Å². The van der Waals surface area contributed by atoms with Crippen molar-refractivity contribution in [1.29, 1.82) is 0 Å². The molecule has 0 aromatic heterocycles. The Morgan fingerprint density at radius 2 is 1.91 bits per heavy atom. The zero-order valence-electron chi connectivity index (χ0n) is 12.1. The summed E-state index contributed by atoms with van der Waals surface area (Å²) in [5.41, 5.74) is 0.480. The predicted octanol–water partition coefficient (Wildman–Crippen LogP) is 5.45. The summed E-state index contributed by atoms with van der Waals surface area (Å²) >= 11 is 5.63. The highest BCUT2D eigenvalue weighted by Crippen LogP contribution is 2.27. The number of hydrogen-bond acceptors (Lipinski definition) is 3. The summed E-state index contributed by atoms with van der Waals surface area (Å²) in [4.78, 5) is 12.1. The van der Waals surface area contributed by atoms with Crippen LogP contribution in [-0.4, -0.2) is 12.6 Å². The van der Waals surface area contributed by atoms with E-state index >= 15 is 0 Å². The van der Waals surface area contributed by atoms with Crippen LogP contribution in [0.25, 0.3) is 0 Å². The molecule has 0 aliphatic rings. The van der Waals surface area contributed by atoms with E-state index in [-0.39, 0.29) is 5.97 Å². The van der Waals surface area contributed by atoms with Crippen LogP contribution >= 0.6 is 38.5 Å². The van der Waals surface area contributed by atoms with E-state index in [9.17, 15) is 4.79 Å². The second kappa shape index (κ2) is 8.53. The van der Waals surface area contributed by atoms with Crippen LogP contribution < -0.4 is 9.47 Å². The molecule has 5 heteroatoms. The zero-order valence-corrected chi connectivity index (χ0v) is 15.9. The molecule has 2 aromatic rings. The number of unbranched alkanes of at least 4 members (excludes halogenated alkanes) is 1. The lowest BCUT2D eigenvalue weighted by molar-refractivity contribution is 0.0734. The van der Waals surface area contributed by atoms with Gasteiger partial charge in [-0.25, -0.2) is 4.79 Å². The maximum Gasteiger partial charge on any atom is 0.343 e. The summed E-state index contributed by atoms with van der Waals surface area (Å²) in [6.07, 6.45) is 2.08. The number of ether oxygens (including phenoxy) is 2. The number of hydrogen-bond donors (Lipinski definition) is 0. The Kier molecular flexibility index (Phi) is 6.70. The van der Waals surface area contributed by atoms with Crippen molar-refractivity contribution >= 4 is 44.5 Å². The molecule has 0 heterocycles. The van der Waals surface area contributed by atoms with Gasteiger partial charge in [0, 0.05) is 3.57 Å². The topological polar surface area (TPSA) is 35.5 Å². The van der Waals surface area contributed by atoms with Crippen LogP contribution in [0.5, 0.6) is 11.5 Å². The van der Waals surface area contributed by atoms with Crippen molar-refractivity contribution in [2.45, 2.75) is 19.8 Å². The fourth-order valence-electron chi connectivity index (χ4n) is 1.74. The van der Waals surface area contributed by atoms with Crippen LogP contribution in [-0.2, 0) is 0 Å². The molecule has 0 atom stereocenters. The van der Waals surface area contributed by atoms with Crippen LogP contribution in [0.3, 0.4) is 0 Å². The summed E-state index contributed by atoms with van der Waals surface area (Å²) < 4.78 is 12.8. The van der Waals surface area contributed by atoms with Crippen molar-refractivity contribution in [2.75, 3.05) is 6.61 Å². The second-order valence-corrected chi connectivity index (χ2v) is 6.79. The number of carbonyl (C=O) groups excluding carboxylic acids is 1. The van der Waals surface area contributed by atoms with Crippen molar-refractivity contribution < 1.29 is 14.3 Å². The highest BCUT2D eigenvalue weighted by molar-refractivity contribution is 14.1. The molecule has 0 aliphatic carbocycles. The number of carbonyl (C=O) groups is 1. The Bertz CT molecular complexity index is 641. The Labute approximate surface area is 152 Å². The lowest BCUT2D eigenvalue weighted by Crippen LogP contribution is -2.08. The zero-order chi connectivity index (χ0) is 15.9. The average Bonchev–Trinajstić information content (AvgIpc) is 2.51. The van der Waals surface area contributed by atoms with E-state index in [1.807, 2.05) is 12.1 Å². The molecular weight excluding hydrogens is 459 g/mol. The van der Waals surface area contributed by atoms with Crippen molar-refractivity contribution in [3.8, 4) is 11.5 Å². The van der Waals surface area contributed by atoms with Crippen LogP contribution in [0.15, 0.2) is 46.9 Å². The van der Waals surface area contributed by atoms with Gasteiger partial charge in [-0.2, -0.15) is 0 Å². The molecular formula is C17H16BrIO3. The van der Waals surface area contributed by atoms with E-state index in [0.29, 0.717) is 17.9 Å². The summed E-state index contributed by atoms with van der Waals surface area (Å²) in [6, 6.07) is 12.5. The Morgan fingerprint density at radius 1 is 1.18 bits per heavy atom. The third-order valence-corrected chi connectivity index (χ3v) is 4.29. The van der Waals surface area contributed by atoms with Gasteiger partial charge in [-0.15, -0.1) is 0 Å². The molecule has 0 unspecified atom stereocenters. The maximum absolute atomic E-state index is 12.1. The van der Waals surface area contributed by atoms with Crippen LogP contribution in [0.4, 0.5) is 0 Å². The first kappa shape index (κ1) is 17.3. The molecule has 2 aromatic carbocycles. The normalized spacial score (nSPS) is 10.3. The van der Waals surface area contributed by atoms with Crippen molar-refractivity contribution in [2.24, 2.45) is 0 Å². The number of halogens is 2. The lowest BCUT2D eigenvalue weighted by Gasteiger charge is -2.09. The van der Waals surface area contributed by atoms with Crippen molar-refractivity contribution in [1.82, 2.24) is 0 Å². The molecule has 22 heavy (non-hydrogen) atoms. The van der Waals surface area contributed by atoms with Gasteiger partial charge in [0.25, 0.3) is 0 Å². The first-order valence-corrected chi connectivity index (χ1v) is 8.87. The molecule has 0 bridgehead atoms. The van der Waals surface area contributed by atoms with Gasteiger partial charge in [0.05, 0.1) is 16.6 Å². The van der Waals surface area contributed by atoms with Crippen molar-refractivity contribution in [3.63, 3.8) is 0 Å². The third-order valence-electron chi connectivity index (χ3n) is 2.95. The monoisotopic (exact) mass is 474 g/mol. The number of rotatable bonds is 6. The van der Waals surface area contributed by atoms with E-state index in [0.717, 1.165) is 26.6 Å². The molecule has 0 N–H and O–H groups in total. The third kappa shape index (κ3) is 4.98. The minimum atomic E-state index is -0.387. The minimum Gasteiger partial charge on any atom is -0.492 e. The lowest BCUT2D eigenvalue weighted by atomic mass is 10.2. The van der Waals surface area contributed by atoms with E-state index in [4.69, 9.17) is 9.47 Å². The van der Waals surface area contributed by atoms with E-state index < -0.39 is 0 Å². The molecule has 0 spiro atoms. The van der Waals surface area contributed by atoms with Gasteiger partial charge >= 0.3 is 5.97 Å². The molecule has 0 aliphatic heterocycles. The fourth-order valence-corrected chi connectivity index (χ4v) is 2.59. The van der Waals surface area contributed by atoms with E-state index in [2.05, 4.69) is 45.4 Å². The van der Waals surface area contributed by atoms with Crippen LogP contribution in [0.1, 0.15) is 30.1 Å². The number of benzene rings is 2. The molecule has 116 valence electrons. The summed E-state index contributed by atoms with van der Waals surface area (Å²) in [7, 11) is 0. The van der Waals surface area contributed by atoms with Gasteiger partial charge < -0.3 is 9.47 Å². The summed E-state index contributed by atoms with van der Waals surface area (Å²) in [6.45, 7) is 2.78. The highest BCUT2D eigenvalue weighted by Gasteiger charge is 2.11. The standard InChI is InChI=1S/C17H16BrIO3/c1-2-3-10-21-16-9-4-12(11-15(16)18)17(20)22-14-7-5-13(19)6-8-14/h4-9,11H,2-3,10H2,1H3. The van der Waals surface area contributed by atoms with Crippen molar-refractivity contribution in [3.05, 3.63) is 56.1 Å². The first-order chi connectivity index (χ1) is 10.6. The molecule has 0 amide bonds. The minimum absolute atomic E-state index is 0.387. The molecule has 3 nitrogen and oxygen atoms in total. The first-order valence-electron chi connectivity index (χ1n) is 7.00. The summed E-state index contributed by atoms with van der Waals surface area (Å²) in [5, 5.41) is 0. The maximum atomic E-state index is 12.1. The SMILES string of the molecule is CCCCOc1ccc(C(=O)Oc2ccc(I)cc2)cc1Br. The average molecular weight is 475 g/mol. The molecule has 0 saturated heterocycles. The van der Waals surface area contributed by atoms with Gasteiger partial charge in [-0.1, -0.05) is 13.3 Å². The second-order valence-electron chi connectivity index (χ2n) is 4.69.